The van der Waals surface area contributed by atoms with Gasteiger partial charge in [0.15, 0.2) is 0 Å². The number of amides is 1. The molecule has 1 aliphatic heterocycles. The molecule has 1 amide bonds. The summed E-state index contributed by atoms with van der Waals surface area (Å²) >= 11 is 0. The lowest BCUT2D eigenvalue weighted by Gasteiger charge is -2.33. The van der Waals surface area contributed by atoms with E-state index in [0.717, 1.165) is 11.3 Å². The number of methoxy groups -OCH3 is 1. The second-order valence-corrected chi connectivity index (χ2v) is 9.75. The van der Waals surface area contributed by atoms with Crippen molar-refractivity contribution in [2.75, 3.05) is 33.3 Å². The van der Waals surface area contributed by atoms with E-state index in [9.17, 15) is 13.2 Å². The van der Waals surface area contributed by atoms with Gasteiger partial charge in [-0.1, -0.05) is 12.1 Å². The van der Waals surface area contributed by atoms with E-state index in [4.69, 9.17) is 4.74 Å². The van der Waals surface area contributed by atoms with Gasteiger partial charge in [-0.25, -0.2) is 8.42 Å². The number of piperazine rings is 1. The summed E-state index contributed by atoms with van der Waals surface area (Å²) in [5.41, 5.74) is 2.05. The smallest absolute Gasteiger partial charge is 0.246 e. The fourth-order valence-corrected chi connectivity index (χ4v) is 5.57. The highest BCUT2D eigenvalue weighted by atomic mass is 32.2. The van der Waals surface area contributed by atoms with Gasteiger partial charge < -0.3 is 9.64 Å². The van der Waals surface area contributed by atoms with Crippen molar-refractivity contribution in [3.63, 3.8) is 0 Å². The lowest BCUT2D eigenvalue weighted by atomic mass is 10.2. The number of hydrogen-bond donors (Lipinski definition) is 0. The van der Waals surface area contributed by atoms with Crippen LogP contribution in [0.3, 0.4) is 0 Å². The first-order valence-electron chi connectivity index (χ1n) is 10.3. The Morgan fingerprint density at radius 1 is 1.10 bits per heavy atom. The van der Waals surface area contributed by atoms with E-state index in [-0.39, 0.29) is 29.9 Å². The number of carbonyl (C=O) groups is 1. The average molecular weight is 447 g/mol. The third-order valence-corrected chi connectivity index (χ3v) is 7.58. The van der Waals surface area contributed by atoms with E-state index in [1.165, 1.54) is 10.4 Å². The summed E-state index contributed by atoms with van der Waals surface area (Å²) in [6.45, 7) is 8.67. The average Bonchev–Trinajstić information content (AvgIpc) is 3.07. The molecule has 0 aliphatic carbocycles. The molecule has 0 spiro atoms. The maximum atomic E-state index is 13.2. The first-order valence-corrected chi connectivity index (χ1v) is 11.8. The number of aryl methyl sites for hydroxylation is 1. The van der Waals surface area contributed by atoms with Crippen molar-refractivity contribution in [1.29, 1.82) is 0 Å². The summed E-state index contributed by atoms with van der Waals surface area (Å²) in [4.78, 5) is 14.5. The Hall–Kier alpha value is -2.65. The number of nitrogens with zero attached hydrogens (tertiary/aromatic N) is 4. The predicted octanol–water partition coefficient (Wildman–Crippen LogP) is 2.64. The molecule has 2 aromatic rings. The first kappa shape index (κ1) is 23.0. The van der Waals surface area contributed by atoms with Crippen molar-refractivity contribution >= 4 is 22.0 Å². The van der Waals surface area contributed by atoms with Crippen LogP contribution in [0.1, 0.15) is 36.8 Å². The molecule has 2 heterocycles. The van der Waals surface area contributed by atoms with Crippen molar-refractivity contribution in [3.8, 4) is 5.75 Å². The number of rotatable bonds is 6. The lowest BCUT2D eigenvalue weighted by molar-refractivity contribution is -0.127. The minimum Gasteiger partial charge on any atom is -0.497 e. The normalized spacial score (nSPS) is 15.7. The molecule has 1 fully saturated rings. The molecule has 1 saturated heterocycles. The monoisotopic (exact) mass is 446 g/mol. The molecule has 1 aromatic carbocycles. The molecule has 1 aliphatic rings. The SMILES string of the molecule is COc1ccc(/C=C/C(=O)N2CCN(S(=O)(=O)c3c(C)nn(C(C)C)c3C)CC2)cc1. The van der Waals surface area contributed by atoms with Crippen LogP contribution in [-0.2, 0) is 14.8 Å². The Bertz CT molecular complexity index is 1060. The van der Waals surface area contributed by atoms with E-state index in [2.05, 4.69) is 5.10 Å². The van der Waals surface area contributed by atoms with E-state index in [1.807, 2.05) is 38.1 Å². The summed E-state index contributed by atoms with van der Waals surface area (Å²) in [6, 6.07) is 7.48. The van der Waals surface area contributed by atoms with Gasteiger partial charge in [0, 0.05) is 38.3 Å². The van der Waals surface area contributed by atoms with Crippen LogP contribution in [0.2, 0.25) is 0 Å². The highest BCUT2D eigenvalue weighted by molar-refractivity contribution is 7.89. The van der Waals surface area contributed by atoms with E-state index in [1.54, 1.807) is 36.6 Å². The van der Waals surface area contributed by atoms with Gasteiger partial charge in [0.1, 0.15) is 10.6 Å². The van der Waals surface area contributed by atoms with Crippen molar-refractivity contribution in [2.24, 2.45) is 0 Å². The van der Waals surface area contributed by atoms with Gasteiger partial charge in [-0.3, -0.25) is 9.48 Å². The zero-order valence-electron chi connectivity index (χ0n) is 18.7. The molecule has 8 nitrogen and oxygen atoms in total. The van der Waals surface area contributed by atoms with Crippen molar-refractivity contribution in [3.05, 3.63) is 47.3 Å². The Kier molecular flexibility index (Phi) is 6.86. The Balaban J connectivity index is 1.66. The van der Waals surface area contributed by atoms with Crippen molar-refractivity contribution < 1.29 is 17.9 Å². The number of hydrogen-bond acceptors (Lipinski definition) is 5. The van der Waals surface area contributed by atoms with Gasteiger partial charge in [-0.05, 0) is 51.5 Å². The van der Waals surface area contributed by atoms with Crippen LogP contribution in [0, 0.1) is 13.8 Å². The predicted molar refractivity (Wildman–Crippen MR) is 119 cm³/mol. The summed E-state index contributed by atoms with van der Waals surface area (Å²) in [6.07, 6.45) is 3.27. The zero-order valence-corrected chi connectivity index (χ0v) is 19.5. The maximum Gasteiger partial charge on any atom is 0.246 e. The number of carbonyl (C=O) groups excluding carboxylic acids is 1. The summed E-state index contributed by atoms with van der Waals surface area (Å²) in [5, 5.41) is 4.41. The largest absolute Gasteiger partial charge is 0.497 e. The molecule has 168 valence electrons. The molecule has 0 N–H and O–H groups in total. The minimum atomic E-state index is -3.66. The molecular formula is C22H30N4O4S. The summed E-state index contributed by atoms with van der Waals surface area (Å²) in [5.74, 6) is 0.623. The standard InChI is InChI=1S/C22H30N4O4S/c1-16(2)26-18(4)22(17(3)23-26)31(28,29)25-14-12-24(13-15-25)21(27)11-8-19-6-9-20(30-5)10-7-19/h6-11,16H,12-15H2,1-5H3/b11-8+. The van der Waals surface area contributed by atoms with Gasteiger partial charge >= 0.3 is 0 Å². The van der Waals surface area contributed by atoms with Crippen LogP contribution in [0.15, 0.2) is 35.2 Å². The van der Waals surface area contributed by atoms with Gasteiger partial charge in [0.25, 0.3) is 0 Å². The van der Waals surface area contributed by atoms with Crippen molar-refractivity contribution in [2.45, 2.75) is 38.6 Å². The topological polar surface area (TPSA) is 84.7 Å². The highest BCUT2D eigenvalue weighted by Gasteiger charge is 2.34. The first-order chi connectivity index (χ1) is 14.6. The van der Waals surface area contributed by atoms with Crippen LogP contribution in [-0.4, -0.2) is 66.6 Å². The zero-order chi connectivity index (χ0) is 22.8. The Labute approximate surface area is 184 Å². The molecule has 9 heteroatoms. The van der Waals surface area contributed by atoms with Gasteiger partial charge in [0.05, 0.1) is 18.5 Å². The van der Waals surface area contributed by atoms with E-state index in [0.29, 0.717) is 24.5 Å². The van der Waals surface area contributed by atoms with Crippen LogP contribution in [0.25, 0.3) is 6.08 Å². The van der Waals surface area contributed by atoms with Crippen LogP contribution < -0.4 is 4.74 Å². The summed E-state index contributed by atoms with van der Waals surface area (Å²) < 4.78 is 34.8. The van der Waals surface area contributed by atoms with Crippen LogP contribution in [0.4, 0.5) is 0 Å². The van der Waals surface area contributed by atoms with E-state index < -0.39 is 10.0 Å². The Morgan fingerprint density at radius 3 is 2.23 bits per heavy atom. The molecule has 0 bridgehead atoms. The molecule has 0 radical (unpaired) electrons. The number of benzene rings is 1. The van der Waals surface area contributed by atoms with Gasteiger partial charge in [-0.2, -0.15) is 9.40 Å². The third-order valence-electron chi connectivity index (χ3n) is 5.43. The molecule has 31 heavy (non-hydrogen) atoms. The van der Waals surface area contributed by atoms with E-state index >= 15 is 0 Å². The number of aromatic nitrogens is 2. The minimum absolute atomic E-state index is 0.0783. The fourth-order valence-electron chi connectivity index (χ4n) is 3.79. The second kappa shape index (κ2) is 9.23. The van der Waals surface area contributed by atoms with Crippen LogP contribution in [0.5, 0.6) is 5.75 Å². The molecule has 0 saturated carbocycles. The molecule has 3 rings (SSSR count). The molecular weight excluding hydrogens is 416 g/mol. The molecule has 0 unspecified atom stereocenters. The van der Waals surface area contributed by atoms with Crippen molar-refractivity contribution in [1.82, 2.24) is 19.0 Å². The number of ether oxygens (including phenoxy) is 1. The quantitative estimate of drug-likeness (QED) is 0.637. The third kappa shape index (κ3) is 4.83. The second-order valence-electron chi connectivity index (χ2n) is 7.87. The maximum absolute atomic E-state index is 13.2. The lowest BCUT2D eigenvalue weighted by Crippen LogP contribution is -2.50. The molecule has 0 atom stereocenters. The van der Waals surface area contributed by atoms with Crippen LogP contribution >= 0.6 is 0 Å². The molecule has 1 aromatic heterocycles. The fraction of sp³-hybridized carbons (Fsp3) is 0.455. The summed E-state index contributed by atoms with van der Waals surface area (Å²) in [7, 11) is -2.06. The highest BCUT2D eigenvalue weighted by Crippen LogP contribution is 2.26. The number of sulfonamides is 1. The Morgan fingerprint density at radius 2 is 1.71 bits per heavy atom. The van der Waals surface area contributed by atoms with Gasteiger partial charge in [0.2, 0.25) is 15.9 Å². The van der Waals surface area contributed by atoms with Gasteiger partial charge in [-0.15, -0.1) is 0 Å².